The van der Waals surface area contributed by atoms with Gasteiger partial charge in [-0.2, -0.15) is 4.68 Å². The highest BCUT2D eigenvalue weighted by molar-refractivity contribution is 5.95. The van der Waals surface area contributed by atoms with Crippen LogP contribution in [0.25, 0.3) is 11.0 Å². The zero-order valence-corrected chi connectivity index (χ0v) is 11.6. The van der Waals surface area contributed by atoms with Crippen molar-refractivity contribution in [2.75, 3.05) is 13.3 Å². The van der Waals surface area contributed by atoms with Gasteiger partial charge in [-0.05, 0) is 32.0 Å². The summed E-state index contributed by atoms with van der Waals surface area (Å²) in [4.78, 5) is 25.2. The molecule has 2 aromatic rings. The average Bonchev–Trinajstić information content (AvgIpc) is 3.00. The zero-order chi connectivity index (χ0) is 15.2. The number of ether oxygens (including phenoxy) is 1. The monoisotopic (exact) mass is 290 g/mol. The Kier molecular flexibility index (Phi) is 2.91. The van der Waals surface area contributed by atoms with E-state index in [2.05, 4.69) is 10.3 Å². The number of nitrogens with zero attached hydrogens (tertiary/aromatic N) is 4. The van der Waals surface area contributed by atoms with Crippen molar-refractivity contribution < 1.29 is 19.4 Å². The van der Waals surface area contributed by atoms with Gasteiger partial charge in [0.05, 0.1) is 17.7 Å². The van der Waals surface area contributed by atoms with E-state index in [0.29, 0.717) is 17.6 Å². The molecule has 8 heteroatoms. The van der Waals surface area contributed by atoms with Crippen LogP contribution < -0.4 is 0 Å². The van der Waals surface area contributed by atoms with Gasteiger partial charge in [-0.1, -0.05) is 5.21 Å². The summed E-state index contributed by atoms with van der Waals surface area (Å²) < 4.78 is 6.42. The predicted octanol–water partition coefficient (Wildman–Crippen LogP) is 1.17. The SMILES string of the molecule is CC1(C)COCN1C(=O)n1nnc2ccc(C(=O)O)cc21. The Morgan fingerprint density at radius 2 is 2.14 bits per heavy atom. The Balaban J connectivity index is 2.06. The first-order valence-electron chi connectivity index (χ1n) is 6.39. The summed E-state index contributed by atoms with van der Waals surface area (Å²) in [6, 6.07) is 3.96. The number of carbonyl (C=O) groups is 2. The van der Waals surface area contributed by atoms with Crippen molar-refractivity contribution in [2.45, 2.75) is 19.4 Å². The van der Waals surface area contributed by atoms with E-state index >= 15 is 0 Å². The third-order valence-electron chi connectivity index (χ3n) is 3.51. The van der Waals surface area contributed by atoms with Crippen LogP contribution in [0.1, 0.15) is 24.2 Å². The number of rotatable bonds is 1. The number of fused-ring (bicyclic) bond motifs is 1. The van der Waals surface area contributed by atoms with Crippen molar-refractivity contribution in [3.63, 3.8) is 0 Å². The maximum Gasteiger partial charge on any atom is 0.349 e. The van der Waals surface area contributed by atoms with Crippen LogP contribution >= 0.6 is 0 Å². The minimum absolute atomic E-state index is 0.0794. The summed E-state index contributed by atoms with van der Waals surface area (Å²) in [7, 11) is 0. The second-order valence-electron chi connectivity index (χ2n) is 5.51. The van der Waals surface area contributed by atoms with Gasteiger partial charge in [0, 0.05) is 0 Å². The third kappa shape index (κ3) is 2.13. The lowest BCUT2D eigenvalue weighted by molar-refractivity contribution is 0.0697. The average molecular weight is 290 g/mol. The molecule has 1 fully saturated rings. The Hall–Kier alpha value is -2.48. The molecule has 1 aliphatic rings. The number of hydrogen-bond acceptors (Lipinski definition) is 5. The molecule has 1 aliphatic heterocycles. The van der Waals surface area contributed by atoms with Crippen molar-refractivity contribution in [3.05, 3.63) is 23.8 Å². The van der Waals surface area contributed by atoms with E-state index in [-0.39, 0.29) is 18.3 Å². The fourth-order valence-corrected chi connectivity index (χ4v) is 2.26. The van der Waals surface area contributed by atoms with Gasteiger partial charge in [0.1, 0.15) is 17.8 Å². The number of aromatic carboxylic acids is 1. The molecule has 0 aliphatic carbocycles. The highest BCUT2D eigenvalue weighted by Crippen LogP contribution is 2.23. The minimum atomic E-state index is -1.07. The molecule has 0 radical (unpaired) electrons. The van der Waals surface area contributed by atoms with E-state index in [4.69, 9.17) is 9.84 Å². The molecule has 21 heavy (non-hydrogen) atoms. The van der Waals surface area contributed by atoms with Crippen LogP contribution in [-0.2, 0) is 4.74 Å². The number of amides is 1. The molecule has 1 amide bonds. The minimum Gasteiger partial charge on any atom is -0.478 e. The molecule has 1 saturated heterocycles. The number of carboxylic acid groups (broad SMARTS) is 1. The molecule has 3 rings (SSSR count). The molecule has 0 spiro atoms. The van der Waals surface area contributed by atoms with Crippen molar-refractivity contribution in [1.82, 2.24) is 19.9 Å². The van der Waals surface area contributed by atoms with Crippen LogP contribution in [0.2, 0.25) is 0 Å². The number of benzene rings is 1. The number of aromatic nitrogens is 3. The van der Waals surface area contributed by atoms with Gasteiger partial charge in [-0.3, -0.25) is 4.90 Å². The van der Waals surface area contributed by atoms with Gasteiger partial charge < -0.3 is 9.84 Å². The Labute approximate surface area is 119 Å². The van der Waals surface area contributed by atoms with Crippen LogP contribution in [0.4, 0.5) is 4.79 Å². The molecule has 1 N–H and O–H groups in total. The quantitative estimate of drug-likeness (QED) is 0.846. The molecule has 0 atom stereocenters. The molecular weight excluding hydrogens is 276 g/mol. The van der Waals surface area contributed by atoms with Crippen molar-refractivity contribution in [2.24, 2.45) is 0 Å². The third-order valence-corrected chi connectivity index (χ3v) is 3.51. The molecule has 2 heterocycles. The molecule has 0 unspecified atom stereocenters. The Bertz CT molecular complexity index is 737. The maximum absolute atomic E-state index is 12.6. The lowest BCUT2D eigenvalue weighted by Crippen LogP contribution is -2.46. The molecule has 1 aromatic heterocycles. The van der Waals surface area contributed by atoms with Gasteiger partial charge in [0.2, 0.25) is 0 Å². The molecule has 1 aromatic carbocycles. The fraction of sp³-hybridized carbons (Fsp3) is 0.385. The van der Waals surface area contributed by atoms with Gasteiger partial charge in [0.15, 0.2) is 0 Å². The van der Waals surface area contributed by atoms with Gasteiger partial charge in [0.25, 0.3) is 0 Å². The summed E-state index contributed by atoms with van der Waals surface area (Å²) in [6.07, 6.45) is 0. The van der Waals surface area contributed by atoms with E-state index in [1.807, 2.05) is 13.8 Å². The molecule has 8 nitrogen and oxygen atoms in total. The number of hydrogen-bond donors (Lipinski definition) is 1. The fourth-order valence-electron chi connectivity index (χ4n) is 2.26. The smallest absolute Gasteiger partial charge is 0.349 e. The highest BCUT2D eigenvalue weighted by Gasteiger charge is 2.38. The van der Waals surface area contributed by atoms with Crippen LogP contribution in [0.15, 0.2) is 18.2 Å². The van der Waals surface area contributed by atoms with Gasteiger partial charge >= 0.3 is 12.0 Å². The van der Waals surface area contributed by atoms with Crippen molar-refractivity contribution >= 4 is 23.0 Å². The standard InChI is InChI=1S/C13H14N4O4/c1-13(2)6-21-7-16(13)12(20)17-10-5-8(11(18)19)3-4-9(10)14-15-17/h3-5H,6-7H2,1-2H3,(H,18,19). The molecular formula is C13H14N4O4. The van der Waals surface area contributed by atoms with Crippen molar-refractivity contribution in [1.29, 1.82) is 0 Å². The first-order valence-corrected chi connectivity index (χ1v) is 6.39. The summed E-state index contributed by atoms with van der Waals surface area (Å²) in [5.41, 5.74) is 0.462. The molecule has 0 bridgehead atoms. The van der Waals surface area contributed by atoms with E-state index in [9.17, 15) is 9.59 Å². The first-order chi connectivity index (χ1) is 9.90. The van der Waals surface area contributed by atoms with E-state index in [0.717, 1.165) is 4.68 Å². The first kappa shape index (κ1) is 13.5. The molecule has 110 valence electrons. The zero-order valence-electron chi connectivity index (χ0n) is 11.6. The number of carbonyl (C=O) groups excluding carboxylic acids is 1. The molecule has 0 saturated carbocycles. The second kappa shape index (κ2) is 4.52. The maximum atomic E-state index is 12.6. The Morgan fingerprint density at radius 1 is 1.38 bits per heavy atom. The second-order valence-corrected chi connectivity index (χ2v) is 5.51. The van der Waals surface area contributed by atoms with Gasteiger partial charge in [-0.15, -0.1) is 5.10 Å². The normalized spacial score (nSPS) is 17.3. The van der Waals surface area contributed by atoms with E-state index in [1.54, 1.807) is 0 Å². The van der Waals surface area contributed by atoms with E-state index in [1.165, 1.54) is 23.1 Å². The van der Waals surface area contributed by atoms with Crippen LogP contribution in [0.3, 0.4) is 0 Å². The summed E-state index contributed by atoms with van der Waals surface area (Å²) in [6.45, 7) is 4.39. The summed E-state index contributed by atoms with van der Waals surface area (Å²) in [5, 5.41) is 16.8. The lowest BCUT2D eigenvalue weighted by atomic mass is 10.1. The lowest BCUT2D eigenvalue weighted by Gasteiger charge is -2.28. The van der Waals surface area contributed by atoms with E-state index < -0.39 is 11.5 Å². The van der Waals surface area contributed by atoms with Gasteiger partial charge in [-0.25, -0.2) is 9.59 Å². The largest absolute Gasteiger partial charge is 0.478 e. The van der Waals surface area contributed by atoms with Crippen LogP contribution in [0.5, 0.6) is 0 Å². The Morgan fingerprint density at radius 3 is 2.76 bits per heavy atom. The van der Waals surface area contributed by atoms with Crippen LogP contribution in [-0.4, -0.2) is 55.9 Å². The highest BCUT2D eigenvalue weighted by atomic mass is 16.5. The topological polar surface area (TPSA) is 97.5 Å². The van der Waals surface area contributed by atoms with Crippen LogP contribution in [0, 0.1) is 0 Å². The summed E-state index contributed by atoms with van der Waals surface area (Å²) >= 11 is 0. The van der Waals surface area contributed by atoms with Crippen molar-refractivity contribution in [3.8, 4) is 0 Å². The predicted molar refractivity (Wildman–Crippen MR) is 72.0 cm³/mol. The summed E-state index contributed by atoms with van der Waals surface area (Å²) in [5.74, 6) is -1.07. The number of carboxylic acids is 1.